The van der Waals surface area contributed by atoms with E-state index in [9.17, 15) is 19.7 Å². The zero-order valence-electron chi connectivity index (χ0n) is 15.8. The van der Waals surface area contributed by atoms with Crippen LogP contribution in [0.25, 0.3) is 11.3 Å². The van der Waals surface area contributed by atoms with Gasteiger partial charge in [0, 0.05) is 10.5 Å². The van der Waals surface area contributed by atoms with Crippen LogP contribution in [-0.2, 0) is 4.74 Å². The average molecular weight is 486 g/mol. The Bertz CT molecular complexity index is 1070. The molecule has 0 unspecified atom stereocenters. The summed E-state index contributed by atoms with van der Waals surface area (Å²) in [5.41, 5.74) is 0.0342. The van der Waals surface area contributed by atoms with E-state index in [4.69, 9.17) is 27.9 Å². The molecule has 0 bridgehead atoms. The van der Waals surface area contributed by atoms with Crippen molar-refractivity contribution >= 4 is 35.0 Å². The average Bonchev–Trinajstić information content (AvgIpc) is 3.22. The first-order chi connectivity index (χ1) is 14.9. The molecule has 31 heavy (non-hydrogen) atoms. The van der Waals surface area contributed by atoms with Gasteiger partial charge >= 0.3 is 0 Å². The van der Waals surface area contributed by atoms with Crippen LogP contribution in [0.2, 0.25) is 10.0 Å². The predicted molar refractivity (Wildman–Crippen MR) is 115 cm³/mol. The maximum Gasteiger partial charge on any atom is 0.136 e. The van der Waals surface area contributed by atoms with Crippen LogP contribution in [0, 0.1) is 5.82 Å². The molecular weight excluding hydrogens is 468 g/mol. The number of rotatable bonds is 5. The summed E-state index contributed by atoms with van der Waals surface area (Å²) in [6, 6.07) is 9.88. The lowest BCUT2D eigenvalue weighted by molar-refractivity contribution is -0.178. The van der Waals surface area contributed by atoms with E-state index in [-0.39, 0.29) is 0 Å². The minimum atomic E-state index is -1.26. The van der Waals surface area contributed by atoms with Crippen molar-refractivity contribution in [2.75, 3.05) is 6.61 Å². The van der Waals surface area contributed by atoms with Gasteiger partial charge in [-0.3, -0.25) is 0 Å². The molecular formula is C20H18Cl2FN3O4S. The molecule has 2 aromatic carbocycles. The van der Waals surface area contributed by atoms with Crippen LogP contribution in [0.3, 0.4) is 0 Å². The van der Waals surface area contributed by atoms with E-state index in [2.05, 4.69) is 10.3 Å². The number of halogens is 3. The van der Waals surface area contributed by atoms with Gasteiger partial charge in [-0.1, -0.05) is 52.3 Å². The van der Waals surface area contributed by atoms with Gasteiger partial charge in [-0.05, 0) is 30.3 Å². The van der Waals surface area contributed by atoms with E-state index in [0.717, 1.165) is 0 Å². The summed E-state index contributed by atoms with van der Waals surface area (Å²) in [4.78, 5) is 0.685. The topological polar surface area (TPSA) is 101 Å². The van der Waals surface area contributed by atoms with Crippen LogP contribution in [0.5, 0.6) is 0 Å². The molecule has 0 aliphatic carbocycles. The Morgan fingerprint density at radius 2 is 1.90 bits per heavy atom. The van der Waals surface area contributed by atoms with Gasteiger partial charge in [-0.25, -0.2) is 9.07 Å². The summed E-state index contributed by atoms with van der Waals surface area (Å²) >= 11 is 13.2. The highest BCUT2D eigenvalue weighted by Crippen LogP contribution is 2.39. The second kappa shape index (κ2) is 9.41. The zero-order chi connectivity index (χ0) is 22.1. The molecule has 1 aliphatic heterocycles. The molecule has 2 heterocycles. The van der Waals surface area contributed by atoms with Crippen LogP contribution in [0.4, 0.5) is 4.39 Å². The second-order valence-electron chi connectivity index (χ2n) is 6.99. The van der Waals surface area contributed by atoms with Gasteiger partial charge in [0.2, 0.25) is 0 Å². The number of hydrogen-bond donors (Lipinski definition) is 3. The number of hydrogen-bond acceptors (Lipinski definition) is 7. The summed E-state index contributed by atoms with van der Waals surface area (Å²) in [6.45, 7) is -0.464. The smallest absolute Gasteiger partial charge is 0.136 e. The monoisotopic (exact) mass is 485 g/mol. The molecule has 5 atom stereocenters. The van der Waals surface area contributed by atoms with Crippen LogP contribution >= 0.6 is 35.0 Å². The van der Waals surface area contributed by atoms with Crippen LogP contribution in [-0.4, -0.2) is 60.7 Å². The Labute approximate surface area is 191 Å². The first-order valence-electron chi connectivity index (χ1n) is 9.29. The standard InChI is InChI=1S/C20H18Cl2FN3O4S/c21-13-5-4-12(7-14(13)22)31-20-19(29)17(18(28)16(9-27)30-20)26-8-15(24-25-26)10-2-1-3-11(23)6-10/h1-8,16-20,27-29H,9H2/t16-,17+,18+,19-,20-/m1/s1. The molecule has 1 saturated heterocycles. The molecule has 1 fully saturated rings. The summed E-state index contributed by atoms with van der Waals surface area (Å²) in [6.07, 6.45) is -1.92. The molecule has 0 amide bonds. The maximum absolute atomic E-state index is 13.5. The molecule has 0 spiro atoms. The third-order valence-electron chi connectivity index (χ3n) is 4.93. The highest BCUT2D eigenvalue weighted by molar-refractivity contribution is 7.99. The van der Waals surface area contributed by atoms with Crippen molar-refractivity contribution in [2.45, 2.75) is 34.7 Å². The minimum absolute atomic E-state index is 0.350. The van der Waals surface area contributed by atoms with Gasteiger partial charge in [0.05, 0.1) is 22.8 Å². The lowest BCUT2D eigenvalue weighted by atomic mass is 9.97. The van der Waals surface area contributed by atoms with Crippen molar-refractivity contribution in [2.24, 2.45) is 0 Å². The first kappa shape index (κ1) is 22.5. The van der Waals surface area contributed by atoms with Crippen LogP contribution in [0.1, 0.15) is 6.04 Å². The Hall–Kier alpha value is -1.72. The third kappa shape index (κ3) is 4.73. The van der Waals surface area contributed by atoms with Crippen LogP contribution < -0.4 is 0 Å². The number of nitrogens with zero attached hydrogens (tertiary/aromatic N) is 3. The fraction of sp³-hybridized carbons (Fsp3) is 0.300. The Balaban J connectivity index is 1.62. The largest absolute Gasteiger partial charge is 0.394 e. The fourth-order valence-corrected chi connectivity index (χ4v) is 4.83. The molecule has 1 aromatic heterocycles. The second-order valence-corrected chi connectivity index (χ2v) is 8.97. The minimum Gasteiger partial charge on any atom is -0.394 e. The summed E-state index contributed by atoms with van der Waals surface area (Å²) in [7, 11) is 0. The number of ether oxygens (including phenoxy) is 1. The highest BCUT2D eigenvalue weighted by Gasteiger charge is 2.46. The van der Waals surface area contributed by atoms with Crippen molar-refractivity contribution in [1.29, 1.82) is 0 Å². The van der Waals surface area contributed by atoms with Gasteiger partial charge in [-0.15, -0.1) is 5.10 Å². The van der Waals surface area contributed by atoms with Gasteiger partial charge in [0.15, 0.2) is 0 Å². The maximum atomic E-state index is 13.5. The lowest BCUT2D eigenvalue weighted by Crippen LogP contribution is -2.55. The Morgan fingerprint density at radius 3 is 2.61 bits per heavy atom. The summed E-state index contributed by atoms with van der Waals surface area (Å²) in [5, 5.41) is 40.2. The zero-order valence-corrected chi connectivity index (χ0v) is 18.2. The molecule has 1 aliphatic rings. The molecule has 3 aromatic rings. The third-order valence-corrected chi connectivity index (χ3v) is 6.82. The fourth-order valence-electron chi connectivity index (χ4n) is 3.36. The van der Waals surface area contributed by atoms with Crippen LogP contribution in [0.15, 0.2) is 53.6 Å². The van der Waals surface area contributed by atoms with E-state index >= 15 is 0 Å². The number of aromatic nitrogens is 3. The number of aliphatic hydroxyl groups is 3. The van der Waals surface area contributed by atoms with Crippen molar-refractivity contribution in [3.05, 3.63) is 64.5 Å². The molecule has 7 nitrogen and oxygen atoms in total. The molecule has 0 radical (unpaired) electrons. The van der Waals surface area contributed by atoms with E-state index < -0.39 is 42.2 Å². The number of aliphatic hydroxyl groups excluding tert-OH is 3. The number of benzene rings is 2. The highest BCUT2D eigenvalue weighted by atomic mass is 35.5. The molecule has 4 rings (SSSR count). The normalized spacial score (nSPS) is 26.2. The molecule has 11 heteroatoms. The number of thioether (sulfide) groups is 1. The summed E-state index contributed by atoms with van der Waals surface area (Å²) < 4.78 is 20.6. The SMILES string of the molecule is OC[C@H]1O[C@H](Sc2ccc(Cl)c(Cl)c2)[C@H](O)[C@@H](n2cc(-c3cccc(F)c3)nn2)[C@H]1O. The Kier molecular flexibility index (Phi) is 6.83. The molecule has 164 valence electrons. The van der Waals surface area contributed by atoms with Gasteiger partial charge in [0.1, 0.15) is 41.3 Å². The van der Waals surface area contributed by atoms with E-state index in [1.165, 1.54) is 34.8 Å². The molecule has 0 saturated carbocycles. The summed E-state index contributed by atoms with van der Waals surface area (Å²) in [5.74, 6) is -0.420. The van der Waals surface area contributed by atoms with Crippen molar-refractivity contribution < 1.29 is 24.4 Å². The van der Waals surface area contributed by atoms with Gasteiger partial charge in [-0.2, -0.15) is 0 Å². The van der Waals surface area contributed by atoms with E-state index in [1.807, 2.05) is 0 Å². The predicted octanol–water partition coefficient (Wildman–Crippen LogP) is 3.16. The lowest BCUT2D eigenvalue weighted by Gasteiger charge is -2.41. The van der Waals surface area contributed by atoms with Gasteiger partial charge < -0.3 is 20.1 Å². The quantitative estimate of drug-likeness (QED) is 0.510. The van der Waals surface area contributed by atoms with Crippen molar-refractivity contribution in [3.8, 4) is 11.3 Å². The van der Waals surface area contributed by atoms with Crippen molar-refractivity contribution in [3.63, 3.8) is 0 Å². The van der Waals surface area contributed by atoms with E-state index in [0.29, 0.717) is 26.2 Å². The molecule has 3 N–H and O–H groups in total. The Morgan fingerprint density at radius 1 is 1.10 bits per heavy atom. The van der Waals surface area contributed by atoms with E-state index in [1.54, 1.807) is 30.3 Å². The van der Waals surface area contributed by atoms with Crippen molar-refractivity contribution in [1.82, 2.24) is 15.0 Å². The first-order valence-corrected chi connectivity index (χ1v) is 10.9. The van der Waals surface area contributed by atoms with Gasteiger partial charge in [0.25, 0.3) is 0 Å².